The summed E-state index contributed by atoms with van der Waals surface area (Å²) in [6.45, 7) is 0. The highest BCUT2D eigenvalue weighted by atomic mass is 32.2. The zero-order valence-corrected chi connectivity index (χ0v) is 10.1. The first kappa shape index (κ1) is 12.1. The molecule has 7 nitrogen and oxygen atoms in total. The van der Waals surface area contributed by atoms with Gasteiger partial charge in [-0.1, -0.05) is 0 Å². The van der Waals surface area contributed by atoms with Gasteiger partial charge in [0.2, 0.25) is 0 Å². The average molecular weight is 261 g/mol. The first-order valence-corrected chi connectivity index (χ1v) is 5.64. The fourth-order valence-electron chi connectivity index (χ4n) is 1.28. The summed E-state index contributed by atoms with van der Waals surface area (Å²) in [5, 5.41) is 27.8. The van der Waals surface area contributed by atoms with Gasteiger partial charge in [0.15, 0.2) is 5.16 Å². The van der Waals surface area contributed by atoms with Gasteiger partial charge in [-0.05, 0) is 23.9 Å². The number of rotatable bonds is 3. The monoisotopic (exact) mass is 261 g/mol. The number of benzene rings is 1. The number of nitrogens with zero attached hydrogens (tertiary/aromatic N) is 5. The predicted octanol–water partition coefficient (Wildman–Crippen LogP) is 1.75. The molecule has 8 heteroatoms. The second-order valence-corrected chi connectivity index (χ2v) is 4.39. The van der Waals surface area contributed by atoms with Crippen molar-refractivity contribution in [3.8, 4) is 6.07 Å². The normalized spacial score (nSPS) is 10.0. The van der Waals surface area contributed by atoms with Crippen LogP contribution in [0.2, 0.25) is 0 Å². The van der Waals surface area contributed by atoms with Crippen LogP contribution < -0.4 is 0 Å². The van der Waals surface area contributed by atoms with Crippen molar-refractivity contribution in [2.24, 2.45) is 7.05 Å². The summed E-state index contributed by atoms with van der Waals surface area (Å²) in [6, 6.07) is 6.19. The zero-order chi connectivity index (χ0) is 13.1. The Labute approximate surface area is 106 Å². The molecule has 0 spiro atoms. The summed E-state index contributed by atoms with van der Waals surface area (Å²) in [6.07, 6.45) is 1.51. The average Bonchev–Trinajstić information content (AvgIpc) is 2.75. The number of aryl methyl sites for hydroxylation is 1. The smallest absolute Gasteiger partial charge is 0.284 e. The van der Waals surface area contributed by atoms with Gasteiger partial charge in [0, 0.05) is 13.1 Å². The molecule has 0 fully saturated rings. The van der Waals surface area contributed by atoms with E-state index in [-0.39, 0.29) is 11.3 Å². The van der Waals surface area contributed by atoms with E-state index in [0.717, 1.165) is 11.8 Å². The van der Waals surface area contributed by atoms with Gasteiger partial charge in [0.05, 0.1) is 21.5 Å². The highest BCUT2D eigenvalue weighted by Crippen LogP contribution is 2.33. The molecule has 0 aliphatic carbocycles. The molecule has 0 aliphatic heterocycles. The molecule has 90 valence electrons. The van der Waals surface area contributed by atoms with E-state index in [4.69, 9.17) is 5.26 Å². The van der Waals surface area contributed by atoms with Crippen LogP contribution in [-0.2, 0) is 7.05 Å². The van der Waals surface area contributed by atoms with Gasteiger partial charge in [-0.25, -0.2) is 0 Å². The number of nitriles is 1. The summed E-state index contributed by atoms with van der Waals surface area (Å²) in [5.41, 5.74) is 0.145. The number of nitro benzene ring substituents is 1. The van der Waals surface area contributed by atoms with E-state index in [9.17, 15) is 10.1 Å². The van der Waals surface area contributed by atoms with Crippen LogP contribution in [-0.4, -0.2) is 19.7 Å². The van der Waals surface area contributed by atoms with Gasteiger partial charge < -0.3 is 4.57 Å². The highest BCUT2D eigenvalue weighted by molar-refractivity contribution is 7.99. The van der Waals surface area contributed by atoms with Crippen LogP contribution >= 0.6 is 11.8 Å². The van der Waals surface area contributed by atoms with Gasteiger partial charge in [-0.2, -0.15) is 5.26 Å². The summed E-state index contributed by atoms with van der Waals surface area (Å²) < 4.78 is 1.66. The minimum absolute atomic E-state index is 0.109. The first-order chi connectivity index (χ1) is 8.61. The van der Waals surface area contributed by atoms with E-state index >= 15 is 0 Å². The van der Waals surface area contributed by atoms with E-state index in [0.29, 0.717) is 10.1 Å². The maximum absolute atomic E-state index is 10.9. The third-order valence-corrected chi connectivity index (χ3v) is 3.27. The van der Waals surface area contributed by atoms with E-state index < -0.39 is 4.92 Å². The van der Waals surface area contributed by atoms with Crippen molar-refractivity contribution in [1.29, 1.82) is 5.26 Å². The molecule has 18 heavy (non-hydrogen) atoms. The van der Waals surface area contributed by atoms with Crippen LogP contribution in [0.1, 0.15) is 5.56 Å². The van der Waals surface area contributed by atoms with E-state index in [2.05, 4.69) is 10.2 Å². The Bertz CT molecular complexity index is 646. The SMILES string of the molecule is Cn1cnnc1Sc1ccc(C#N)cc1[N+](=O)[O-]. The van der Waals surface area contributed by atoms with Gasteiger partial charge in [0.25, 0.3) is 5.69 Å². The van der Waals surface area contributed by atoms with Crippen LogP contribution in [0, 0.1) is 21.4 Å². The molecule has 1 aromatic carbocycles. The second-order valence-electron chi connectivity index (χ2n) is 3.38. The molecule has 1 heterocycles. The Balaban J connectivity index is 2.42. The highest BCUT2D eigenvalue weighted by Gasteiger charge is 2.17. The zero-order valence-electron chi connectivity index (χ0n) is 9.27. The molecule has 0 amide bonds. The quantitative estimate of drug-likeness (QED) is 0.616. The summed E-state index contributed by atoms with van der Waals surface area (Å²) in [4.78, 5) is 10.9. The topological polar surface area (TPSA) is 97.6 Å². The van der Waals surface area contributed by atoms with E-state index in [1.807, 2.05) is 6.07 Å². The lowest BCUT2D eigenvalue weighted by Gasteiger charge is -2.02. The van der Waals surface area contributed by atoms with Crippen LogP contribution in [0.5, 0.6) is 0 Å². The molecule has 0 N–H and O–H groups in total. The van der Waals surface area contributed by atoms with Crippen molar-refractivity contribution in [2.75, 3.05) is 0 Å². The van der Waals surface area contributed by atoms with Crippen LogP contribution in [0.25, 0.3) is 0 Å². The summed E-state index contributed by atoms with van der Waals surface area (Å²) in [7, 11) is 1.75. The number of aromatic nitrogens is 3. The largest absolute Gasteiger partial charge is 0.311 e. The Kier molecular flexibility index (Phi) is 3.25. The van der Waals surface area contributed by atoms with Crippen molar-refractivity contribution >= 4 is 17.4 Å². The molecule has 0 aliphatic rings. The summed E-state index contributed by atoms with van der Waals surface area (Å²) >= 11 is 1.13. The van der Waals surface area contributed by atoms with Gasteiger partial charge in [0.1, 0.15) is 6.33 Å². The van der Waals surface area contributed by atoms with Gasteiger partial charge in [-0.3, -0.25) is 10.1 Å². The molecule has 2 rings (SSSR count). The third-order valence-electron chi connectivity index (χ3n) is 2.16. The first-order valence-electron chi connectivity index (χ1n) is 4.82. The Morgan fingerprint density at radius 1 is 1.56 bits per heavy atom. The third kappa shape index (κ3) is 2.31. The molecule has 0 saturated carbocycles. The van der Waals surface area contributed by atoms with Crippen LogP contribution in [0.15, 0.2) is 34.6 Å². The second kappa shape index (κ2) is 4.85. The van der Waals surface area contributed by atoms with Crippen molar-refractivity contribution in [3.63, 3.8) is 0 Å². The molecule has 1 aromatic heterocycles. The number of hydrogen-bond donors (Lipinski definition) is 0. The number of hydrogen-bond acceptors (Lipinski definition) is 6. The fourth-order valence-corrected chi connectivity index (χ4v) is 2.13. The molecule has 0 atom stereocenters. The van der Waals surface area contributed by atoms with Gasteiger partial charge >= 0.3 is 0 Å². The lowest BCUT2D eigenvalue weighted by atomic mass is 10.2. The minimum atomic E-state index is -0.514. The van der Waals surface area contributed by atoms with Crippen molar-refractivity contribution < 1.29 is 4.92 Å². The van der Waals surface area contributed by atoms with Gasteiger partial charge in [-0.15, -0.1) is 10.2 Å². The maximum Gasteiger partial charge on any atom is 0.284 e. The van der Waals surface area contributed by atoms with E-state index in [1.54, 1.807) is 11.6 Å². The predicted molar refractivity (Wildman–Crippen MR) is 62.9 cm³/mol. The van der Waals surface area contributed by atoms with Crippen LogP contribution in [0.4, 0.5) is 5.69 Å². The maximum atomic E-state index is 10.9. The molecule has 0 radical (unpaired) electrons. The Morgan fingerprint density at radius 3 is 2.89 bits per heavy atom. The molecule has 2 aromatic rings. The van der Waals surface area contributed by atoms with Crippen molar-refractivity contribution in [3.05, 3.63) is 40.2 Å². The molecular weight excluding hydrogens is 254 g/mol. The lowest BCUT2D eigenvalue weighted by Crippen LogP contribution is -1.94. The molecule has 0 unspecified atom stereocenters. The number of nitro groups is 1. The van der Waals surface area contributed by atoms with Crippen molar-refractivity contribution in [2.45, 2.75) is 10.1 Å². The lowest BCUT2D eigenvalue weighted by molar-refractivity contribution is -0.387. The standard InChI is InChI=1S/C10H7N5O2S/c1-14-6-12-13-10(14)18-9-3-2-7(5-11)4-8(9)15(16)17/h2-4,6H,1H3. The minimum Gasteiger partial charge on any atom is -0.311 e. The van der Waals surface area contributed by atoms with E-state index in [1.165, 1.54) is 24.5 Å². The fraction of sp³-hybridized carbons (Fsp3) is 0.100. The Hall–Kier alpha value is -2.40. The van der Waals surface area contributed by atoms with Crippen LogP contribution in [0.3, 0.4) is 0 Å². The van der Waals surface area contributed by atoms with Crippen molar-refractivity contribution in [1.82, 2.24) is 14.8 Å². The molecule has 0 bridgehead atoms. The molecular formula is C10H7N5O2S. The molecule has 0 saturated heterocycles. The summed E-state index contributed by atoms with van der Waals surface area (Å²) in [5.74, 6) is 0. The Morgan fingerprint density at radius 2 is 2.33 bits per heavy atom.